The highest BCUT2D eigenvalue weighted by Crippen LogP contribution is 2.25. The van der Waals surface area contributed by atoms with E-state index in [1.54, 1.807) is 0 Å². The molecule has 0 saturated heterocycles. The maximum Gasteiger partial charge on any atom is 0.0350 e. The quantitative estimate of drug-likeness (QED) is 0.586. The van der Waals surface area contributed by atoms with Crippen molar-refractivity contribution in [2.75, 3.05) is 0 Å². The maximum atomic E-state index is 4.33. The molecule has 0 saturated carbocycles. The van der Waals surface area contributed by atoms with Gasteiger partial charge in [-0.2, -0.15) is 12.6 Å². The molecule has 1 atom stereocenters. The second-order valence-electron chi connectivity index (χ2n) is 2.64. The summed E-state index contributed by atoms with van der Waals surface area (Å²) in [6, 6.07) is 10.0. The Hall–Kier alpha value is -0.430. The lowest BCUT2D eigenvalue weighted by Gasteiger charge is -2.16. The highest BCUT2D eigenvalue weighted by atomic mass is 32.1. The Morgan fingerprint density at radius 2 is 1.80 bits per heavy atom. The van der Waals surface area contributed by atoms with Gasteiger partial charge in [-0.1, -0.05) is 30.3 Å². The normalized spacial score (nSPS) is 11.5. The molecule has 0 aliphatic heterocycles. The van der Waals surface area contributed by atoms with E-state index in [9.17, 15) is 0 Å². The lowest BCUT2D eigenvalue weighted by molar-refractivity contribution is 0.885. The molecule has 0 aliphatic carbocycles. The Kier molecular flexibility index (Phi) is 2.05. The van der Waals surface area contributed by atoms with E-state index in [1.807, 2.05) is 37.3 Å². The van der Waals surface area contributed by atoms with E-state index < -0.39 is 0 Å². The third kappa shape index (κ3) is 1.77. The summed E-state index contributed by atoms with van der Waals surface area (Å²) in [4.78, 5) is 0. The van der Waals surface area contributed by atoms with Crippen LogP contribution in [0.25, 0.3) is 0 Å². The number of hydrogen-bond acceptors (Lipinski definition) is 1. The Morgan fingerprint density at radius 1 is 1.30 bits per heavy atom. The first kappa shape index (κ1) is 7.67. The van der Waals surface area contributed by atoms with Gasteiger partial charge in [0.15, 0.2) is 0 Å². The predicted molar refractivity (Wildman–Crippen MR) is 48.1 cm³/mol. The number of rotatable bonds is 1. The maximum absolute atomic E-state index is 4.33. The van der Waals surface area contributed by atoms with Crippen LogP contribution in [0.5, 0.6) is 0 Å². The van der Waals surface area contributed by atoms with Crippen molar-refractivity contribution in [1.29, 1.82) is 0 Å². The molecule has 0 aliphatic rings. The van der Waals surface area contributed by atoms with Crippen molar-refractivity contribution in [2.24, 2.45) is 0 Å². The Balaban J connectivity index is 2.97. The van der Waals surface area contributed by atoms with E-state index in [-0.39, 0.29) is 4.75 Å². The first-order valence-corrected chi connectivity index (χ1v) is 3.69. The summed E-state index contributed by atoms with van der Waals surface area (Å²) >= 11 is 4.33. The standard InChI is InChI=1S/C9H11S/c1-9(2,10)8-6-4-3-5-7-8/h3-7,10H,1H2,2H3. The molecular weight excluding hydrogens is 140 g/mol. The zero-order chi connectivity index (χ0) is 7.61. The van der Waals surface area contributed by atoms with Gasteiger partial charge >= 0.3 is 0 Å². The van der Waals surface area contributed by atoms with E-state index in [1.165, 1.54) is 0 Å². The van der Waals surface area contributed by atoms with Gasteiger partial charge < -0.3 is 0 Å². The number of hydrogen-bond donors (Lipinski definition) is 1. The molecule has 1 aromatic rings. The average Bonchev–Trinajstić information content (AvgIpc) is 1.88. The largest absolute Gasteiger partial charge is 0.168 e. The van der Waals surface area contributed by atoms with Gasteiger partial charge in [0.2, 0.25) is 0 Å². The van der Waals surface area contributed by atoms with Crippen LogP contribution in [0.2, 0.25) is 0 Å². The molecule has 1 radical (unpaired) electrons. The summed E-state index contributed by atoms with van der Waals surface area (Å²) in [6.45, 7) is 5.88. The fraction of sp³-hybridized carbons (Fsp3) is 0.222. The minimum Gasteiger partial charge on any atom is -0.168 e. The fourth-order valence-corrected chi connectivity index (χ4v) is 0.946. The molecular formula is C9H11S. The lowest BCUT2D eigenvalue weighted by Crippen LogP contribution is -2.06. The summed E-state index contributed by atoms with van der Waals surface area (Å²) in [5.41, 5.74) is 1.15. The van der Waals surface area contributed by atoms with Crippen molar-refractivity contribution < 1.29 is 0 Å². The molecule has 0 heterocycles. The van der Waals surface area contributed by atoms with Gasteiger partial charge in [0.25, 0.3) is 0 Å². The van der Waals surface area contributed by atoms with Crippen LogP contribution in [0, 0.1) is 6.92 Å². The molecule has 0 aromatic heterocycles. The van der Waals surface area contributed by atoms with Crippen molar-refractivity contribution in [3.63, 3.8) is 0 Å². The molecule has 0 bridgehead atoms. The van der Waals surface area contributed by atoms with Crippen molar-refractivity contribution in [2.45, 2.75) is 11.7 Å². The van der Waals surface area contributed by atoms with Crippen LogP contribution < -0.4 is 0 Å². The summed E-state index contributed by atoms with van der Waals surface area (Å²) in [5.74, 6) is 0. The highest BCUT2D eigenvalue weighted by Gasteiger charge is 2.12. The van der Waals surface area contributed by atoms with E-state index in [2.05, 4.69) is 19.6 Å². The molecule has 0 nitrogen and oxygen atoms in total. The Bertz CT molecular complexity index is 196. The minimum atomic E-state index is -0.263. The van der Waals surface area contributed by atoms with E-state index in [4.69, 9.17) is 0 Å². The van der Waals surface area contributed by atoms with E-state index >= 15 is 0 Å². The Labute approximate surface area is 67.7 Å². The molecule has 1 unspecified atom stereocenters. The Morgan fingerprint density at radius 3 is 2.10 bits per heavy atom. The summed E-state index contributed by atoms with van der Waals surface area (Å²) < 4.78 is -0.263. The molecule has 0 N–H and O–H groups in total. The van der Waals surface area contributed by atoms with E-state index in [0.29, 0.717) is 0 Å². The highest BCUT2D eigenvalue weighted by molar-refractivity contribution is 7.81. The smallest absolute Gasteiger partial charge is 0.0350 e. The van der Waals surface area contributed by atoms with Gasteiger partial charge in [0.05, 0.1) is 0 Å². The van der Waals surface area contributed by atoms with Gasteiger partial charge in [0, 0.05) is 4.75 Å². The van der Waals surface area contributed by atoms with Crippen molar-refractivity contribution in [3.05, 3.63) is 42.8 Å². The fourth-order valence-electron chi connectivity index (χ4n) is 0.797. The van der Waals surface area contributed by atoms with Crippen LogP contribution in [0.1, 0.15) is 12.5 Å². The van der Waals surface area contributed by atoms with Crippen molar-refractivity contribution >= 4 is 12.6 Å². The average molecular weight is 151 g/mol. The zero-order valence-electron chi connectivity index (χ0n) is 6.04. The molecule has 0 amide bonds. The van der Waals surface area contributed by atoms with Crippen molar-refractivity contribution in [3.8, 4) is 0 Å². The first-order valence-electron chi connectivity index (χ1n) is 3.24. The molecule has 1 rings (SSSR count). The summed E-state index contributed by atoms with van der Waals surface area (Å²) in [6.07, 6.45) is 0. The summed E-state index contributed by atoms with van der Waals surface area (Å²) in [5, 5.41) is 0. The molecule has 53 valence electrons. The second-order valence-corrected chi connectivity index (χ2v) is 3.63. The monoisotopic (exact) mass is 151 g/mol. The number of thiol groups is 1. The topological polar surface area (TPSA) is 0 Å². The van der Waals surface area contributed by atoms with Crippen LogP contribution in [0.4, 0.5) is 0 Å². The number of benzene rings is 1. The molecule has 1 aromatic carbocycles. The van der Waals surface area contributed by atoms with Gasteiger partial charge in [0.1, 0.15) is 0 Å². The SMILES string of the molecule is [CH2]C(C)(S)c1ccccc1. The lowest BCUT2D eigenvalue weighted by atomic mass is 10.0. The molecule has 1 heteroatoms. The zero-order valence-corrected chi connectivity index (χ0v) is 6.94. The molecule has 0 spiro atoms. The minimum absolute atomic E-state index is 0.263. The van der Waals surface area contributed by atoms with Crippen molar-refractivity contribution in [1.82, 2.24) is 0 Å². The third-order valence-corrected chi connectivity index (χ3v) is 1.65. The van der Waals surface area contributed by atoms with E-state index in [0.717, 1.165) is 5.56 Å². The first-order chi connectivity index (χ1) is 4.61. The van der Waals surface area contributed by atoms with Crippen LogP contribution in [-0.4, -0.2) is 0 Å². The predicted octanol–water partition coefficient (Wildman–Crippen LogP) is 2.67. The third-order valence-electron chi connectivity index (χ3n) is 1.40. The van der Waals surface area contributed by atoms with Crippen LogP contribution in [0.3, 0.4) is 0 Å². The molecule has 10 heavy (non-hydrogen) atoms. The van der Waals surface area contributed by atoms with Gasteiger partial charge in [-0.25, -0.2) is 0 Å². The van der Waals surface area contributed by atoms with Crippen LogP contribution in [0.15, 0.2) is 30.3 Å². The summed E-state index contributed by atoms with van der Waals surface area (Å²) in [7, 11) is 0. The van der Waals surface area contributed by atoms with Crippen LogP contribution >= 0.6 is 12.6 Å². The van der Waals surface area contributed by atoms with Gasteiger partial charge in [-0.15, -0.1) is 0 Å². The second kappa shape index (κ2) is 2.67. The van der Waals surface area contributed by atoms with Gasteiger partial charge in [-0.3, -0.25) is 0 Å². The van der Waals surface area contributed by atoms with Gasteiger partial charge in [-0.05, 0) is 19.4 Å². The van der Waals surface area contributed by atoms with Crippen LogP contribution in [-0.2, 0) is 4.75 Å². The molecule has 0 fully saturated rings.